The minimum Gasteiger partial charge on any atom is -0.385 e. The lowest BCUT2D eigenvalue weighted by Crippen LogP contribution is -2.63. The molecule has 3 aliphatic rings. The number of sulfonamides is 1. The third kappa shape index (κ3) is 5.22. The summed E-state index contributed by atoms with van der Waals surface area (Å²) in [6.07, 6.45) is 4.78. The number of halogens is 1. The van der Waals surface area contributed by atoms with Crippen LogP contribution in [0.2, 0.25) is 5.02 Å². The molecule has 2 atom stereocenters. The van der Waals surface area contributed by atoms with Gasteiger partial charge in [-0.3, -0.25) is 4.90 Å². The van der Waals surface area contributed by atoms with Crippen LogP contribution >= 0.6 is 11.6 Å². The molecule has 8 nitrogen and oxygen atoms in total. The van der Waals surface area contributed by atoms with Crippen LogP contribution in [0.15, 0.2) is 34.5 Å². The van der Waals surface area contributed by atoms with Gasteiger partial charge in [-0.2, -0.15) is 4.31 Å². The molecular formula is C21H31ClN6O2S. The molecule has 10 heteroatoms. The number of likely N-dealkylation sites (tertiary alicyclic amines) is 1. The van der Waals surface area contributed by atoms with Crippen LogP contribution in [0.3, 0.4) is 0 Å². The summed E-state index contributed by atoms with van der Waals surface area (Å²) < 4.78 is 26.4. The Balaban J connectivity index is 1.48. The summed E-state index contributed by atoms with van der Waals surface area (Å²) in [5, 5.41) is 8.89. The minimum absolute atomic E-state index is 0.0399. The summed E-state index contributed by atoms with van der Waals surface area (Å²) >= 11 is 6.06. The van der Waals surface area contributed by atoms with Crippen LogP contribution in [0.1, 0.15) is 31.7 Å². The molecule has 0 spiro atoms. The van der Waals surface area contributed by atoms with Crippen molar-refractivity contribution in [3.63, 3.8) is 0 Å². The molecule has 0 amide bonds. The van der Waals surface area contributed by atoms with E-state index in [2.05, 4.69) is 20.0 Å². The highest BCUT2D eigenvalue weighted by Crippen LogP contribution is 2.28. The van der Waals surface area contributed by atoms with Gasteiger partial charge in [-0.05, 0) is 43.9 Å². The van der Waals surface area contributed by atoms with E-state index in [0.717, 1.165) is 44.7 Å². The van der Waals surface area contributed by atoms with E-state index < -0.39 is 10.0 Å². The lowest BCUT2D eigenvalue weighted by Gasteiger charge is -2.49. The fourth-order valence-corrected chi connectivity index (χ4v) is 6.30. The fraction of sp³-hybridized carbons (Fsp3) is 0.619. The molecule has 0 aliphatic carbocycles. The van der Waals surface area contributed by atoms with E-state index in [1.54, 1.807) is 4.31 Å². The van der Waals surface area contributed by atoms with Gasteiger partial charge in [-0.15, -0.1) is 10.2 Å². The molecule has 3 aliphatic heterocycles. The van der Waals surface area contributed by atoms with E-state index in [0.29, 0.717) is 29.9 Å². The number of rotatable bonds is 4. The van der Waals surface area contributed by atoms with Gasteiger partial charge in [0.1, 0.15) is 11.7 Å². The molecule has 31 heavy (non-hydrogen) atoms. The van der Waals surface area contributed by atoms with Crippen LogP contribution in [0.25, 0.3) is 0 Å². The van der Waals surface area contributed by atoms with Gasteiger partial charge in [0.05, 0.1) is 12.7 Å². The second-order valence-corrected chi connectivity index (χ2v) is 11.2. The number of nitrogens with zero attached hydrogens (tertiary/aromatic N) is 5. The molecule has 1 aromatic rings. The van der Waals surface area contributed by atoms with Crippen LogP contribution < -0.4 is 5.73 Å². The van der Waals surface area contributed by atoms with E-state index in [-0.39, 0.29) is 12.1 Å². The predicted octanol–water partition coefficient (Wildman–Crippen LogP) is 1.76. The zero-order valence-electron chi connectivity index (χ0n) is 18.1. The maximum absolute atomic E-state index is 12.4. The Labute approximate surface area is 189 Å². The molecule has 1 aromatic carbocycles. The SMILES string of the molecule is C[C@H]1CN(C2CCN(C3=NN=C(N)C3)CC2)[C@@H](Cc2ccc(Cl)cc2)CN1S(C)(=O)=O. The summed E-state index contributed by atoms with van der Waals surface area (Å²) in [7, 11) is -3.25. The molecule has 0 radical (unpaired) electrons. The number of amidine groups is 2. The summed E-state index contributed by atoms with van der Waals surface area (Å²) in [5.41, 5.74) is 6.95. The van der Waals surface area contributed by atoms with Crippen molar-refractivity contribution in [2.24, 2.45) is 15.9 Å². The van der Waals surface area contributed by atoms with E-state index in [4.69, 9.17) is 17.3 Å². The third-order valence-corrected chi connectivity index (χ3v) is 8.18. The Kier molecular flexibility index (Phi) is 6.57. The molecule has 4 rings (SSSR count). The molecule has 170 valence electrons. The molecule has 2 saturated heterocycles. The number of nitrogens with two attached hydrogens (primary N) is 1. The summed E-state index contributed by atoms with van der Waals surface area (Å²) in [6, 6.07) is 8.38. The van der Waals surface area contributed by atoms with Crippen LogP contribution in [0.5, 0.6) is 0 Å². The Bertz CT molecular complexity index is 957. The average molecular weight is 467 g/mol. The van der Waals surface area contributed by atoms with Crippen LogP contribution in [0.4, 0.5) is 0 Å². The molecule has 2 N–H and O–H groups in total. The quantitative estimate of drug-likeness (QED) is 0.729. The fourth-order valence-electron chi connectivity index (χ4n) is 5.01. The molecule has 0 aromatic heterocycles. The minimum atomic E-state index is -3.25. The van der Waals surface area contributed by atoms with E-state index in [9.17, 15) is 8.42 Å². The molecule has 0 bridgehead atoms. The Morgan fingerprint density at radius 3 is 2.39 bits per heavy atom. The van der Waals surface area contributed by atoms with Gasteiger partial charge in [0.25, 0.3) is 0 Å². The van der Waals surface area contributed by atoms with Crippen molar-refractivity contribution in [1.82, 2.24) is 14.1 Å². The predicted molar refractivity (Wildman–Crippen MR) is 125 cm³/mol. The van der Waals surface area contributed by atoms with Gasteiger partial charge < -0.3 is 10.6 Å². The maximum atomic E-state index is 12.4. The molecule has 0 saturated carbocycles. The van der Waals surface area contributed by atoms with Gasteiger partial charge >= 0.3 is 0 Å². The van der Waals surface area contributed by atoms with Gasteiger partial charge in [0.2, 0.25) is 10.0 Å². The highest BCUT2D eigenvalue weighted by molar-refractivity contribution is 7.88. The Hall–Kier alpha value is -1.68. The first-order chi connectivity index (χ1) is 14.7. The first-order valence-corrected chi connectivity index (χ1v) is 13.0. The molecule has 3 heterocycles. The Morgan fingerprint density at radius 1 is 1.13 bits per heavy atom. The number of hydrogen-bond acceptors (Lipinski definition) is 7. The number of piperazine rings is 1. The van der Waals surface area contributed by atoms with Gasteiger partial charge in [-0.25, -0.2) is 8.42 Å². The first-order valence-electron chi connectivity index (χ1n) is 10.8. The summed E-state index contributed by atoms with van der Waals surface area (Å²) in [4.78, 5) is 4.82. The van der Waals surface area contributed by atoms with Gasteiger partial charge in [-0.1, -0.05) is 23.7 Å². The van der Waals surface area contributed by atoms with Crippen molar-refractivity contribution in [3.05, 3.63) is 34.9 Å². The number of benzene rings is 1. The molecule has 2 fully saturated rings. The monoisotopic (exact) mass is 466 g/mol. The number of piperidine rings is 1. The highest BCUT2D eigenvalue weighted by atomic mass is 35.5. The van der Waals surface area contributed by atoms with E-state index >= 15 is 0 Å². The van der Waals surface area contributed by atoms with Crippen LogP contribution in [-0.2, 0) is 16.4 Å². The topological polar surface area (TPSA) is 94.6 Å². The van der Waals surface area contributed by atoms with Crippen molar-refractivity contribution in [3.8, 4) is 0 Å². The number of hydrogen-bond donors (Lipinski definition) is 1. The molecular weight excluding hydrogens is 436 g/mol. The molecule has 0 unspecified atom stereocenters. The van der Waals surface area contributed by atoms with Crippen molar-refractivity contribution in [2.45, 2.75) is 50.7 Å². The van der Waals surface area contributed by atoms with Crippen molar-refractivity contribution in [1.29, 1.82) is 0 Å². The summed E-state index contributed by atoms with van der Waals surface area (Å²) in [5.74, 6) is 1.54. The van der Waals surface area contributed by atoms with E-state index in [1.165, 1.54) is 11.8 Å². The zero-order valence-corrected chi connectivity index (χ0v) is 19.7. The Morgan fingerprint density at radius 2 is 1.81 bits per heavy atom. The second-order valence-electron chi connectivity index (χ2n) is 8.87. The van der Waals surface area contributed by atoms with Crippen LogP contribution in [0, 0.1) is 0 Å². The largest absolute Gasteiger partial charge is 0.385 e. The average Bonchev–Trinajstić information content (AvgIpc) is 3.16. The normalized spacial score (nSPS) is 26.7. The third-order valence-electron chi connectivity index (χ3n) is 6.57. The van der Waals surface area contributed by atoms with Gasteiger partial charge in [0, 0.05) is 49.3 Å². The van der Waals surface area contributed by atoms with Crippen molar-refractivity contribution in [2.75, 3.05) is 32.4 Å². The first kappa shape index (κ1) is 22.5. The lowest BCUT2D eigenvalue weighted by molar-refractivity contribution is 0.0257. The summed E-state index contributed by atoms with van der Waals surface area (Å²) in [6.45, 7) is 5.10. The van der Waals surface area contributed by atoms with Crippen LogP contribution in [-0.4, -0.2) is 84.8 Å². The van der Waals surface area contributed by atoms with Crippen molar-refractivity contribution < 1.29 is 8.42 Å². The van der Waals surface area contributed by atoms with Crippen molar-refractivity contribution >= 4 is 33.3 Å². The zero-order chi connectivity index (χ0) is 22.2. The van der Waals surface area contributed by atoms with Gasteiger partial charge in [0.15, 0.2) is 0 Å². The standard InChI is InChI=1S/C21H31ClN6O2S/c1-15-13-27(18-7-9-26(10-8-18)21-12-20(23)24-25-21)19(14-28(15)31(2,29)30)11-16-3-5-17(22)6-4-16/h3-6,15,18-19H,7-14H2,1-2H3,(H2,23,24)/t15-,19-/m0/s1. The smallest absolute Gasteiger partial charge is 0.211 e. The second kappa shape index (κ2) is 9.05. The highest BCUT2D eigenvalue weighted by Gasteiger charge is 2.40. The van der Waals surface area contributed by atoms with E-state index in [1.807, 2.05) is 31.2 Å². The maximum Gasteiger partial charge on any atom is 0.211 e. The lowest BCUT2D eigenvalue weighted by atomic mass is 9.95.